The van der Waals surface area contributed by atoms with Crippen LogP contribution in [0, 0.1) is 0 Å². The third kappa shape index (κ3) is 3.64. The molecule has 1 aliphatic carbocycles. The molecule has 2 aromatic heterocycles. The van der Waals surface area contributed by atoms with Crippen molar-refractivity contribution in [3.8, 4) is 11.6 Å². The number of nitrogens with one attached hydrogen (secondary N) is 1. The van der Waals surface area contributed by atoms with E-state index in [0.717, 1.165) is 36.6 Å². The summed E-state index contributed by atoms with van der Waals surface area (Å²) < 4.78 is 6.07. The van der Waals surface area contributed by atoms with Gasteiger partial charge in [0, 0.05) is 36.4 Å². The van der Waals surface area contributed by atoms with Crippen molar-refractivity contribution in [3.63, 3.8) is 0 Å². The molecule has 0 atom stereocenters. The summed E-state index contributed by atoms with van der Waals surface area (Å²) >= 11 is 0. The van der Waals surface area contributed by atoms with Gasteiger partial charge in [0.25, 0.3) is 0 Å². The molecule has 0 amide bonds. The molecule has 2 aromatic carbocycles. The summed E-state index contributed by atoms with van der Waals surface area (Å²) in [6.45, 7) is 0.915. The van der Waals surface area contributed by atoms with Gasteiger partial charge in [0.15, 0.2) is 0 Å². The van der Waals surface area contributed by atoms with Gasteiger partial charge in [-0.25, -0.2) is 9.97 Å². The number of aromatic nitrogens is 3. The average molecular weight is 422 g/mol. The Morgan fingerprint density at radius 2 is 1.78 bits per heavy atom. The first-order valence-electron chi connectivity index (χ1n) is 11.0. The molecule has 4 aromatic rings. The zero-order chi connectivity index (χ0) is 21.3. The Kier molecular flexibility index (Phi) is 4.68. The van der Waals surface area contributed by atoms with Crippen LogP contribution >= 0.6 is 0 Å². The first-order chi connectivity index (χ1) is 15.8. The molecule has 32 heavy (non-hydrogen) atoms. The fourth-order valence-corrected chi connectivity index (χ4v) is 4.55. The zero-order valence-corrected chi connectivity index (χ0v) is 17.7. The van der Waals surface area contributed by atoms with E-state index in [0.29, 0.717) is 11.8 Å². The van der Waals surface area contributed by atoms with Crippen molar-refractivity contribution >= 4 is 23.1 Å². The summed E-state index contributed by atoms with van der Waals surface area (Å²) in [6.07, 6.45) is 8.06. The molecule has 0 unspecified atom stereocenters. The second-order valence-electron chi connectivity index (χ2n) is 8.16. The molecule has 0 bridgehead atoms. The number of pyridine rings is 1. The van der Waals surface area contributed by atoms with Crippen LogP contribution in [0.15, 0.2) is 73.1 Å². The molecule has 6 heteroatoms. The topological polar surface area (TPSA) is 63.2 Å². The number of hydrogen-bond acceptors (Lipinski definition) is 6. The lowest BCUT2D eigenvalue weighted by atomic mass is 10.1. The highest BCUT2D eigenvalue weighted by Gasteiger charge is 2.22. The lowest BCUT2D eigenvalue weighted by Gasteiger charge is -2.18. The van der Waals surface area contributed by atoms with Gasteiger partial charge in [-0.1, -0.05) is 12.1 Å². The van der Waals surface area contributed by atoms with Crippen molar-refractivity contribution < 1.29 is 4.74 Å². The summed E-state index contributed by atoms with van der Waals surface area (Å²) in [6, 6.07) is 20.4. The van der Waals surface area contributed by atoms with E-state index in [2.05, 4.69) is 55.5 Å². The number of benzene rings is 2. The Labute approximate surface area is 186 Å². The van der Waals surface area contributed by atoms with Gasteiger partial charge >= 0.3 is 0 Å². The second kappa shape index (κ2) is 7.96. The average Bonchev–Trinajstić information content (AvgIpc) is 3.46. The van der Waals surface area contributed by atoms with Crippen molar-refractivity contribution in [1.82, 2.24) is 15.0 Å². The molecule has 0 radical (unpaired) electrons. The Morgan fingerprint density at radius 1 is 0.812 bits per heavy atom. The standard InChI is InChI=1S/C26H23N5O/c1-2-13-27-24(6-1)31-15-12-20-17-22(9-10-23(20)31)32-25-11-14-28-26(30-25)29-21-8-7-18-4-3-5-19(18)16-21/h1-2,6-11,13-14,16-17H,3-5,12,15H2,(H,28,29,30). The minimum Gasteiger partial charge on any atom is -0.439 e. The lowest BCUT2D eigenvalue weighted by Crippen LogP contribution is -2.14. The van der Waals surface area contributed by atoms with Gasteiger partial charge in [0.1, 0.15) is 11.6 Å². The van der Waals surface area contributed by atoms with Crippen LogP contribution in [0.5, 0.6) is 11.6 Å². The molecule has 6 rings (SSSR count). The number of anilines is 4. The Bertz CT molecular complexity index is 1270. The van der Waals surface area contributed by atoms with Gasteiger partial charge in [-0.15, -0.1) is 0 Å². The van der Waals surface area contributed by atoms with E-state index in [1.807, 2.05) is 30.5 Å². The predicted molar refractivity (Wildman–Crippen MR) is 125 cm³/mol. The van der Waals surface area contributed by atoms with Crippen molar-refractivity contribution in [2.45, 2.75) is 25.7 Å². The van der Waals surface area contributed by atoms with E-state index in [1.54, 1.807) is 12.3 Å². The van der Waals surface area contributed by atoms with Crippen LogP contribution in [0.1, 0.15) is 23.1 Å². The van der Waals surface area contributed by atoms with E-state index in [4.69, 9.17) is 4.74 Å². The number of rotatable bonds is 5. The molecule has 0 saturated carbocycles. The molecular weight excluding hydrogens is 398 g/mol. The molecule has 0 saturated heterocycles. The number of nitrogens with zero attached hydrogens (tertiary/aromatic N) is 4. The summed E-state index contributed by atoms with van der Waals surface area (Å²) in [5.41, 5.74) is 6.30. The van der Waals surface area contributed by atoms with Gasteiger partial charge in [0.05, 0.1) is 0 Å². The summed E-state index contributed by atoms with van der Waals surface area (Å²) in [5, 5.41) is 3.31. The molecule has 2 aliphatic rings. The third-order valence-electron chi connectivity index (χ3n) is 6.08. The van der Waals surface area contributed by atoms with E-state index in [1.165, 1.54) is 35.2 Å². The maximum absolute atomic E-state index is 6.07. The maximum atomic E-state index is 6.07. The van der Waals surface area contributed by atoms with Gasteiger partial charge < -0.3 is 15.0 Å². The van der Waals surface area contributed by atoms with Gasteiger partial charge in [-0.3, -0.25) is 0 Å². The quantitative estimate of drug-likeness (QED) is 0.453. The number of aryl methyl sites for hydroxylation is 2. The van der Waals surface area contributed by atoms with E-state index < -0.39 is 0 Å². The maximum Gasteiger partial charge on any atom is 0.230 e. The normalized spacial score (nSPS) is 14.2. The molecule has 6 nitrogen and oxygen atoms in total. The van der Waals surface area contributed by atoms with Crippen LogP contribution in [0.25, 0.3) is 0 Å². The molecule has 158 valence electrons. The molecule has 0 spiro atoms. The predicted octanol–water partition coefficient (Wildman–Crippen LogP) is 5.59. The second-order valence-corrected chi connectivity index (χ2v) is 8.16. The first-order valence-corrected chi connectivity index (χ1v) is 11.0. The van der Waals surface area contributed by atoms with Crippen LogP contribution in [0.3, 0.4) is 0 Å². The van der Waals surface area contributed by atoms with Gasteiger partial charge in [-0.05, 0) is 84.8 Å². The summed E-state index contributed by atoms with van der Waals surface area (Å²) in [5.74, 6) is 2.79. The van der Waals surface area contributed by atoms with Crippen LogP contribution in [-0.4, -0.2) is 21.5 Å². The van der Waals surface area contributed by atoms with Gasteiger partial charge in [0.2, 0.25) is 11.8 Å². The van der Waals surface area contributed by atoms with Crippen molar-refractivity contribution in [1.29, 1.82) is 0 Å². The highest BCUT2D eigenvalue weighted by Crippen LogP contribution is 2.36. The lowest BCUT2D eigenvalue weighted by molar-refractivity contribution is 0.462. The molecule has 1 N–H and O–H groups in total. The zero-order valence-electron chi connectivity index (χ0n) is 17.7. The van der Waals surface area contributed by atoms with Crippen LogP contribution in [0.4, 0.5) is 23.1 Å². The fraction of sp³-hybridized carbons (Fsp3) is 0.192. The highest BCUT2D eigenvalue weighted by atomic mass is 16.5. The molecule has 1 aliphatic heterocycles. The molecule has 3 heterocycles. The van der Waals surface area contributed by atoms with Crippen LogP contribution < -0.4 is 15.0 Å². The number of ether oxygens (including phenoxy) is 1. The van der Waals surface area contributed by atoms with Gasteiger partial charge in [-0.2, -0.15) is 4.98 Å². The van der Waals surface area contributed by atoms with E-state index in [-0.39, 0.29) is 0 Å². The monoisotopic (exact) mass is 421 g/mol. The minimum atomic E-state index is 0.517. The summed E-state index contributed by atoms with van der Waals surface area (Å²) in [4.78, 5) is 15.6. The first kappa shape index (κ1) is 18.8. The highest BCUT2D eigenvalue weighted by molar-refractivity contribution is 5.68. The van der Waals surface area contributed by atoms with E-state index >= 15 is 0 Å². The fourth-order valence-electron chi connectivity index (χ4n) is 4.55. The van der Waals surface area contributed by atoms with E-state index in [9.17, 15) is 0 Å². The van der Waals surface area contributed by atoms with Crippen LogP contribution in [0.2, 0.25) is 0 Å². The molecule has 0 fully saturated rings. The SMILES string of the molecule is c1ccc(N2CCc3cc(Oc4ccnc(Nc5ccc6c(c5)CCC6)n4)ccc32)nc1. The summed E-state index contributed by atoms with van der Waals surface area (Å²) in [7, 11) is 0. The Hall–Kier alpha value is -3.93. The van der Waals surface area contributed by atoms with Crippen molar-refractivity contribution in [2.24, 2.45) is 0 Å². The number of fused-ring (bicyclic) bond motifs is 2. The molecular formula is C26H23N5O. The number of hydrogen-bond donors (Lipinski definition) is 1. The van der Waals surface area contributed by atoms with Crippen molar-refractivity contribution in [2.75, 3.05) is 16.8 Å². The minimum absolute atomic E-state index is 0.517. The Balaban J connectivity index is 1.19. The van der Waals surface area contributed by atoms with Crippen LogP contribution in [-0.2, 0) is 19.3 Å². The smallest absolute Gasteiger partial charge is 0.230 e. The van der Waals surface area contributed by atoms with Crippen molar-refractivity contribution in [3.05, 3.63) is 89.7 Å². The Morgan fingerprint density at radius 3 is 2.72 bits per heavy atom. The largest absolute Gasteiger partial charge is 0.439 e. The third-order valence-corrected chi connectivity index (χ3v) is 6.08.